The lowest BCUT2D eigenvalue weighted by Gasteiger charge is -2.70. The van der Waals surface area contributed by atoms with Gasteiger partial charge in [-0.1, -0.05) is 45.9 Å². The van der Waals surface area contributed by atoms with Gasteiger partial charge in [-0.2, -0.15) is 0 Å². The first-order chi connectivity index (χ1) is 18.9. The largest absolute Gasteiger partial charge is 0.443 e. The second-order valence-electron chi connectivity index (χ2n) is 14.8. The smallest absolute Gasteiger partial charge is 0.317 e. The van der Waals surface area contributed by atoms with Crippen LogP contribution in [0.3, 0.4) is 0 Å². The third kappa shape index (κ3) is 3.38. The molecule has 5 aliphatic rings. The highest BCUT2D eigenvalue weighted by molar-refractivity contribution is 5.93. The normalized spacial score (nSPS) is 40.5. The lowest BCUT2D eigenvalue weighted by molar-refractivity contribution is -0.171. The molecule has 1 N–H and O–H groups in total. The summed E-state index contributed by atoms with van der Waals surface area (Å²) >= 11 is 0. The van der Waals surface area contributed by atoms with Gasteiger partial charge in [-0.3, -0.25) is 0 Å². The molecule has 2 saturated carbocycles. The van der Waals surface area contributed by atoms with Crippen LogP contribution in [0.4, 0.5) is 4.79 Å². The van der Waals surface area contributed by atoms with E-state index in [2.05, 4.69) is 76.1 Å². The van der Waals surface area contributed by atoms with Crippen LogP contribution in [0, 0.1) is 34.5 Å². The molecule has 3 fully saturated rings. The van der Waals surface area contributed by atoms with E-state index in [4.69, 9.17) is 9.15 Å². The fourth-order valence-corrected chi connectivity index (χ4v) is 9.82. The minimum Gasteiger partial charge on any atom is -0.443 e. The number of aromatic nitrogens is 1. The van der Waals surface area contributed by atoms with Crippen LogP contribution >= 0.6 is 0 Å². The quantitative estimate of drug-likeness (QED) is 0.408. The minimum absolute atomic E-state index is 0.0803. The molecule has 2 amide bonds. The zero-order valence-corrected chi connectivity index (χ0v) is 25.2. The van der Waals surface area contributed by atoms with Gasteiger partial charge in [0.1, 0.15) is 5.52 Å². The van der Waals surface area contributed by atoms with Crippen molar-refractivity contribution in [2.75, 3.05) is 26.3 Å². The van der Waals surface area contributed by atoms with Crippen molar-refractivity contribution in [2.45, 2.75) is 85.6 Å². The molecule has 4 aliphatic carbocycles. The molecule has 1 aromatic carbocycles. The number of nitrogens with zero attached hydrogens (tertiary/aromatic N) is 2. The maximum atomic E-state index is 13.3. The Morgan fingerprint density at radius 2 is 1.82 bits per heavy atom. The Kier molecular flexibility index (Phi) is 5.57. The average Bonchev–Trinajstić information content (AvgIpc) is 3.41. The molecule has 2 aromatic rings. The molecule has 6 heteroatoms. The van der Waals surface area contributed by atoms with Crippen LogP contribution < -0.4 is 5.32 Å². The molecular weight excluding hydrogens is 498 g/mol. The van der Waals surface area contributed by atoms with Crippen molar-refractivity contribution >= 4 is 28.8 Å². The van der Waals surface area contributed by atoms with Crippen LogP contribution in [0.5, 0.6) is 0 Å². The van der Waals surface area contributed by atoms with Crippen molar-refractivity contribution in [3.05, 3.63) is 41.3 Å². The molecule has 1 aromatic heterocycles. The number of ether oxygens (including phenoxy) is 1. The summed E-state index contributed by atoms with van der Waals surface area (Å²) in [6.07, 6.45) is 15.8. The number of amides is 2. The van der Waals surface area contributed by atoms with Crippen molar-refractivity contribution in [3.63, 3.8) is 0 Å². The Labute approximate surface area is 238 Å². The Balaban J connectivity index is 1.26. The van der Waals surface area contributed by atoms with Crippen LogP contribution in [0.1, 0.15) is 89.8 Å². The number of hydrogen-bond acceptors (Lipinski definition) is 4. The third-order valence-electron chi connectivity index (χ3n) is 12.9. The van der Waals surface area contributed by atoms with Crippen molar-refractivity contribution < 1.29 is 13.9 Å². The van der Waals surface area contributed by atoms with E-state index in [-0.39, 0.29) is 27.8 Å². The van der Waals surface area contributed by atoms with Gasteiger partial charge < -0.3 is 19.4 Å². The average molecular weight is 544 g/mol. The highest BCUT2D eigenvalue weighted by Crippen LogP contribution is 2.75. The first kappa shape index (κ1) is 26.3. The number of rotatable bonds is 1. The number of aryl methyl sites for hydroxylation is 1. The fraction of sp³-hybridized carbons (Fsp3) is 0.647. The number of hydrogen-bond donors (Lipinski definition) is 1. The van der Waals surface area contributed by atoms with Gasteiger partial charge in [-0.25, -0.2) is 9.78 Å². The van der Waals surface area contributed by atoms with Gasteiger partial charge in [-0.05, 0) is 97.3 Å². The number of carbonyl (C=O) groups is 1. The molecule has 0 spiro atoms. The molecule has 0 bridgehead atoms. The van der Waals surface area contributed by atoms with Gasteiger partial charge in [-0.15, -0.1) is 0 Å². The van der Waals surface area contributed by atoms with Gasteiger partial charge in [0.25, 0.3) is 0 Å². The molecular formula is C34H45N3O3. The molecule has 6 nitrogen and oxygen atoms in total. The van der Waals surface area contributed by atoms with Crippen molar-refractivity contribution in [2.24, 2.45) is 27.6 Å². The Morgan fingerprint density at radius 1 is 1.07 bits per heavy atom. The van der Waals surface area contributed by atoms with Crippen molar-refractivity contribution in [1.82, 2.24) is 15.2 Å². The molecule has 1 aliphatic heterocycles. The van der Waals surface area contributed by atoms with E-state index in [0.29, 0.717) is 37.6 Å². The monoisotopic (exact) mass is 543 g/mol. The number of nitrogens with one attached hydrogen (secondary N) is 1. The molecule has 0 unspecified atom stereocenters. The summed E-state index contributed by atoms with van der Waals surface area (Å²) in [6.45, 7) is 17.3. The summed E-state index contributed by atoms with van der Waals surface area (Å²) in [7, 11) is 0. The molecule has 40 heavy (non-hydrogen) atoms. The van der Waals surface area contributed by atoms with E-state index in [9.17, 15) is 4.79 Å². The summed E-state index contributed by atoms with van der Waals surface area (Å²) in [4.78, 5) is 19.8. The number of urea groups is 1. The summed E-state index contributed by atoms with van der Waals surface area (Å²) in [6, 6.07) is 2.34. The predicted molar refractivity (Wildman–Crippen MR) is 159 cm³/mol. The second kappa shape index (κ2) is 8.47. The van der Waals surface area contributed by atoms with Gasteiger partial charge in [0, 0.05) is 29.6 Å². The predicted octanol–water partition coefficient (Wildman–Crippen LogP) is 7.37. The molecule has 0 radical (unpaired) electrons. The second-order valence-corrected chi connectivity index (χ2v) is 14.8. The lowest BCUT2D eigenvalue weighted by atomic mass is 9.34. The van der Waals surface area contributed by atoms with Crippen molar-refractivity contribution in [1.29, 1.82) is 0 Å². The van der Waals surface area contributed by atoms with Crippen LogP contribution in [-0.2, 0) is 4.74 Å². The number of morpholine rings is 1. The molecule has 2 heterocycles. The summed E-state index contributed by atoms with van der Waals surface area (Å²) in [5.74, 6) is 0.520. The Hall–Kier alpha value is -2.60. The minimum atomic E-state index is -0.198. The first-order valence-electron chi connectivity index (χ1n) is 15.4. The summed E-state index contributed by atoms with van der Waals surface area (Å²) in [5, 5.41) is 3.53. The van der Waals surface area contributed by atoms with E-state index >= 15 is 0 Å². The highest BCUT2D eigenvalue weighted by atomic mass is 16.5. The number of oxazole rings is 1. The number of fused-ring (bicyclic) bond motifs is 8. The van der Waals surface area contributed by atoms with Gasteiger partial charge >= 0.3 is 6.03 Å². The molecule has 214 valence electrons. The summed E-state index contributed by atoms with van der Waals surface area (Å²) in [5.41, 5.74) is 7.29. The molecule has 7 rings (SSSR count). The summed E-state index contributed by atoms with van der Waals surface area (Å²) < 4.78 is 11.2. The topological polar surface area (TPSA) is 67.6 Å². The number of benzene rings is 1. The zero-order valence-electron chi connectivity index (χ0n) is 25.2. The first-order valence-corrected chi connectivity index (χ1v) is 15.4. The van der Waals surface area contributed by atoms with E-state index in [1.807, 2.05) is 4.90 Å². The zero-order chi connectivity index (χ0) is 28.1. The van der Waals surface area contributed by atoms with Crippen LogP contribution in [0.15, 0.2) is 29.0 Å². The maximum absolute atomic E-state index is 13.3. The standard InChI is InChI=1S/C34H45N3O3/c1-22-23-7-9-32(4)25(24(23)19-26-28(22)40-21-35-26)8-10-33(5)27-20-31(3,36-29(38)37-15-17-39-18-16-37)13-11-30(27,2)12-14-34(32,33)6/h7-9,19,21,27H,10-18,20H2,1-6H3,(H,36,38)/t27-,30-,31-,32-,33+,34-/m1/s1. The van der Waals surface area contributed by atoms with Crippen LogP contribution in [0.2, 0.25) is 0 Å². The molecule has 6 atom stereocenters. The van der Waals surface area contributed by atoms with E-state index in [1.54, 1.807) is 6.39 Å². The SMILES string of the molecule is Cc1c2c(cc3ncoc13)C1=CC[C@@]3(C)[C@@H]4C[C@](C)(NC(=O)N5CCOCC5)CC[C@]4(C)CC[C@]3(C)[C@]1(C)C=C2. The molecule has 1 saturated heterocycles. The number of allylic oxidation sites excluding steroid dienone is 3. The Bertz CT molecular complexity index is 1450. The Morgan fingerprint density at radius 3 is 2.60 bits per heavy atom. The van der Waals surface area contributed by atoms with E-state index in [0.717, 1.165) is 30.4 Å². The van der Waals surface area contributed by atoms with Crippen molar-refractivity contribution in [3.8, 4) is 0 Å². The van der Waals surface area contributed by atoms with Gasteiger partial charge in [0.05, 0.1) is 13.2 Å². The van der Waals surface area contributed by atoms with Crippen LogP contribution in [-0.4, -0.2) is 47.8 Å². The third-order valence-corrected chi connectivity index (χ3v) is 12.9. The van der Waals surface area contributed by atoms with Gasteiger partial charge in [0.2, 0.25) is 0 Å². The van der Waals surface area contributed by atoms with Crippen LogP contribution in [0.25, 0.3) is 22.7 Å². The van der Waals surface area contributed by atoms with E-state index < -0.39 is 0 Å². The van der Waals surface area contributed by atoms with E-state index in [1.165, 1.54) is 41.5 Å². The fourth-order valence-electron chi connectivity index (χ4n) is 9.82. The van der Waals surface area contributed by atoms with Gasteiger partial charge in [0.15, 0.2) is 12.0 Å². The maximum Gasteiger partial charge on any atom is 0.317 e. The highest BCUT2D eigenvalue weighted by Gasteiger charge is 2.67. The lowest BCUT2D eigenvalue weighted by Crippen LogP contribution is -2.66. The number of carbonyl (C=O) groups excluding carboxylic acids is 1.